The SMILES string of the molecule is C=CCc1c(C)nc2ccc(Br)cc2c1Oc1ccccc1. The molecule has 0 bridgehead atoms. The van der Waals surface area contributed by atoms with Gasteiger partial charge in [0, 0.05) is 21.1 Å². The molecular weight excluding hydrogens is 338 g/mol. The average molecular weight is 354 g/mol. The van der Waals surface area contributed by atoms with Crippen LogP contribution in [0.1, 0.15) is 11.3 Å². The number of benzene rings is 2. The summed E-state index contributed by atoms with van der Waals surface area (Å²) in [6.07, 6.45) is 2.61. The largest absolute Gasteiger partial charge is 0.456 e. The summed E-state index contributed by atoms with van der Waals surface area (Å²) in [5, 5.41) is 1.00. The molecule has 0 unspecified atom stereocenters. The Balaban J connectivity index is 2.24. The first-order chi connectivity index (χ1) is 10.7. The lowest BCUT2D eigenvalue weighted by atomic mass is 10.0. The number of aryl methyl sites for hydroxylation is 1. The van der Waals surface area contributed by atoms with Crippen molar-refractivity contribution in [3.63, 3.8) is 0 Å². The maximum absolute atomic E-state index is 6.20. The molecule has 3 heteroatoms. The maximum atomic E-state index is 6.20. The summed E-state index contributed by atoms with van der Waals surface area (Å²) in [5.74, 6) is 1.68. The van der Waals surface area contributed by atoms with Crippen molar-refractivity contribution in [3.8, 4) is 11.5 Å². The zero-order valence-corrected chi connectivity index (χ0v) is 13.9. The van der Waals surface area contributed by atoms with Gasteiger partial charge >= 0.3 is 0 Å². The summed E-state index contributed by atoms with van der Waals surface area (Å²) in [6.45, 7) is 5.86. The Kier molecular flexibility index (Phi) is 4.25. The van der Waals surface area contributed by atoms with Gasteiger partial charge < -0.3 is 4.74 Å². The van der Waals surface area contributed by atoms with Crippen molar-refractivity contribution >= 4 is 26.8 Å². The highest BCUT2D eigenvalue weighted by molar-refractivity contribution is 9.10. The molecule has 1 heterocycles. The molecule has 0 saturated carbocycles. The van der Waals surface area contributed by atoms with E-state index in [1.807, 2.05) is 61.5 Å². The van der Waals surface area contributed by atoms with Crippen LogP contribution in [0.2, 0.25) is 0 Å². The van der Waals surface area contributed by atoms with Crippen LogP contribution in [0.4, 0.5) is 0 Å². The van der Waals surface area contributed by atoms with Crippen LogP contribution in [0, 0.1) is 6.92 Å². The quantitative estimate of drug-likeness (QED) is 0.550. The summed E-state index contributed by atoms with van der Waals surface area (Å²) >= 11 is 3.53. The van der Waals surface area contributed by atoms with Crippen molar-refractivity contribution in [2.24, 2.45) is 0 Å². The fraction of sp³-hybridized carbons (Fsp3) is 0.105. The Morgan fingerprint density at radius 3 is 2.68 bits per heavy atom. The second-order valence-corrected chi connectivity index (χ2v) is 5.99. The van der Waals surface area contributed by atoms with E-state index in [9.17, 15) is 0 Å². The molecule has 2 aromatic carbocycles. The van der Waals surface area contributed by atoms with Crippen LogP contribution in [0.3, 0.4) is 0 Å². The number of nitrogens with zero attached hydrogens (tertiary/aromatic N) is 1. The summed E-state index contributed by atoms with van der Waals surface area (Å²) in [5.41, 5.74) is 2.98. The molecule has 22 heavy (non-hydrogen) atoms. The van der Waals surface area contributed by atoms with Gasteiger partial charge in [0.15, 0.2) is 0 Å². The van der Waals surface area contributed by atoms with Gasteiger partial charge in [0.2, 0.25) is 0 Å². The van der Waals surface area contributed by atoms with E-state index >= 15 is 0 Å². The normalized spacial score (nSPS) is 10.6. The van der Waals surface area contributed by atoms with Crippen LogP contribution in [-0.2, 0) is 6.42 Å². The van der Waals surface area contributed by atoms with Crippen molar-refractivity contribution in [1.82, 2.24) is 4.98 Å². The highest BCUT2D eigenvalue weighted by atomic mass is 79.9. The number of fused-ring (bicyclic) bond motifs is 1. The molecule has 3 aromatic rings. The molecule has 110 valence electrons. The van der Waals surface area contributed by atoms with Gasteiger partial charge in [-0.05, 0) is 43.7 Å². The maximum Gasteiger partial charge on any atom is 0.142 e. The fourth-order valence-corrected chi connectivity index (χ4v) is 2.83. The van der Waals surface area contributed by atoms with E-state index in [0.29, 0.717) is 0 Å². The predicted octanol–water partition coefficient (Wildman–Crippen LogP) is 5.83. The first-order valence-corrected chi connectivity index (χ1v) is 7.91. The van der Waals surface area contributed by atoms with E-state index in [-0.39, 0.29) is 0 Å². The van der Waals surface area contributed by atoms with Gasteiger partial charge in [-0.25, -0.2) is 0 Å². The van der Waals surface area contributed by atoms with Gasteiger partial charge in [0.05, 0.1) is 5.52 Å². The highest BCUT2D eigenvalue weighted by Gasteiger charge is 2.14. The Labute approximate surface area is 138 Å². The summed E-state index contributed by atoms with van der Waals surface area (Å²) in [7, 11) is 0. The van der Waals surface area contributed by atoms with Crippen LogP contribution >= 0.6 is 15.9 Å². The third kappa shape index (κ3) is 2.90. The van der Waals surface area contributed by atoms with Crippen molar-refractivity contribution < 1.29 is 4.74 Å². The Morgan fingerprint density at radius 2 is 1.95 bits per heavy atom. The number of aromatic nitrogens is 1. The molecule has 0 N–H and O–H groups in total. The van der Waals surface area contributed by atoms with E-state index in [0.717, 1.165) is 44.6 Å². The van der Waals surface area contributed by atoms with Gasteiger partial charge in [-0.3, -0.25) is 4.98 Å². The molecule has 3 rings (SSSR count). The van der Waals surface area contributed by atoms with Crippen molar-refractivity contribution in [1.29, 1.82) is 0 Å². The number of allylic oxidation sites excluding steroid dienone is 1. The molecule has 0 radical (unpaired) electrons. The minimum absolute atomic E-state index is 0.726. The molecule has 0 aliphatic heterocycles. The number of ether oxygens (including phenoxy) is 1. The lowest BCUT2D eigenvalue weighted by molar-refractivity contribution is 0.482. The van der Waals surface area contributed by atoms with Crippen LogP contribution in [0.15, 0.2) is 65.7 Å². The van der Waals surface area contributed by atoms with Crippen molar-refractivity contribution in [2.75, 3.05) is 0 Å². The van der Waals surface area contributed by atoms with Crippen LogP contribution < -0.4 is 4.74 Å². The number of rotatable bonds is 4. The molecule has 0 aliphatic rings. The number of halogens is 1. The predicted molar refractivity (Wildman–Crippen MR) is 94.6 cm³/mol. The molecule has 0 fully saturated rings. The minimum Gasteiger partial charge on any atom is -0.456 e. The van der Waals surface area contributed by atoms with Crippen LogP contribution in [0.25, 0.3) is 10.9 Å². The molecule has 0 saturated heterocycles. The zero-order chi connectivity index (χ0) is 15.5. The number of hydrogen-bond donors (Lipinski definition) is 0. The first kappa shape index (κ1) is 14.8. The van der Waals surface area contributed by atoms with Gasteiger partial charge in [0.25, 0.3) is 0 Å². The van der Waals surface area contributed by atoms with Gasteiger partial charge in [-0.15, -0.1) is 6.58 Å². The second-order valence-electron chi connectivity index (χ2n) is 5.07. The Hall–Kier alpha value is -2.13. The number of para-hydroxylation sites is 1. The van der Waals surface area contributed by atoms with E-state index in [1.165, 1.54) is 0 Å². The third-order valence-electron chi connectivity index (χ3n) is 3.51. The lowest BCUT2D eigenvalue weighted by Crippen LogP contribution is -1.99. The van der Waals surface area contributed by atoms with Crippen molar-refractivity contribution in [2.45, 2.75) is 13.3 Å². The second kappa shape index (κ2) is 6.32. The van der Waals surface area contributed by atoms with E-state index in [1.54, 1.807) is 0 Å². The summed E-state index contributed by atoms with van der Waals surface area (Å²) in [4.78, 5) is 4.69. The van der Waals surface area contributed by atoms with Crippen LogP contribution in [-0.4, -0.2) is 4.98 Å². The molecule has 0 spiro atoms. The van der Waals surface area contributed by atoms with Gasteiger partial charge in [-0.1, -0.05) is 40.2 Å². The van der Waals surface area contributed by atoms with Crippen LogP contribution in [0.5, 0.6) is 11.5 Å². The van der Waals surface area contributed by atoms with E-state index in [4.69, 9.17) is 4.74 Å². The molecule has 0 atom stereocenters. The minimum atomic E-state index is 0.726. The fourth-order valence-electron chi connectivity index (χ4n) is 2.47. The lowest BCUT2D eigenvalue weighted by Gasteiger charge is -2.15. The topological polar surface area (TPSA) is 22.1 Å². The van der Waals surface area contributed by atoms with E-state index in [2.05, 4.69) is 27.5 Å². The number of pyridine rings is 1. The van der Waals surface area contributed by atoms with Crippen molar-refractivity contribution in [3.05, 3.63) is 76.9 Å². The Bertz CT molecular complexity index is 828. The summed E-state index contributed by atoms with van der Waals surface area (Å²) < 4.78 is 7.21. The van der Waals surface area contributed by atoms with Gasteiger partial charge in [0.1, 0.15) is 11.5 Å². The smallest absolute Gasteiger partial charge is 0.142 e. The third-order valence-corrected chi connectivity index (χ3v) is 4.01. The Morgan fingerprint density at radius 1 is 1.18 bits per heavy atom. The molecular formula is C19H16BrNO. The molecule has 0 amide bonds. The standard InChI is InChI=1S/C19H16BrNO/c1-3-7-16-13(2)21-18-11-10-14(20)12-17(18)19(16)22-15-8-5-4-6-9-15/h3-6,8-12H,1,7H2,2H3. The monoisotopic (exact) mass is 353 g/mol. The number of hydrogen-bond acceptors (Lipinski definition) is 2. The molecule has 2 nitrogen and oxygen atoms in total. The highest BCUT2D eigenvalue weighted by Crippen LogP contribution is 2.36. The molecule has 0 aliphatic carbocycles. The average Bonchev–Trinajstić information content (AvgIpc) is 2.52. The van der Waals surface area contributed by atoms with E-state index < -0.39 is 0 Å². The zero-order valence-electron chi connectivity index (χ0n) is 12.3. The first-order valence-electron chi connectivity index (χ1n) is 7.11. The van der Waals surface area contributed by atoms with Gasteiger partial charge in [-0.2, -0.15) is 0 Å². The summed E-state index contributed by atoms with van der Waals surface area (Å²) in [6, 6.07) is 15.9. The molecule has 1 aromatic heterocycles.